The van der Waals surface area contributed by atoms with Gasteiger partial charge in [-0.3, -0.25) is 0 Å². The maximum atomic E-state index is 5.62. The van der Waals surface area contributed by atoms with Crippen molar-refractivity contribution in [2.45, 2.75) is 13.0 Å². The van der Waals surface area contributed by atoms with Crippen molar-refractivity contribution in [2.75, 3.05) is 12.3 Å². The molecule has 0 bridgehead atoms. The predicted octanol–water partition coefficient (Wildman–Crippen LogP) is 1.87. The molecule has 0 fully saturated rings. The zero-order chi connectivity index (χ0) is 13.8. The number of aromatic nitrogens is 3. The van der Waals surface area contributed by atoms with Crippen LogP contribution in [0.25, 0.3) is 10.9 Å². The van der Waals surface area contributed by atoms with Crippen LogP contribution in [0.5, 0.6) is 0 Å². The lowest BCUT2D eigenvalue weighted by Crippen LogP contribution is -2.18. The van der Waals surface area contributed by atoms with E-state index in [2.05, 4.69) is 44.7 Å². The Kier molecular flexibility index (Phi) is 3.60. The molecular weight excluding hydrogens is 250 g/mol. The van der Waals surface area contributed by atoms with Gasteiger partial charge < -0.3 is 16.0 Å². The molecule has 0 aliphatic heterocycles. The molecule has 102 valence electrons. The number of benzene rings is 1. The molecule has 0 radical (unpaired) electrons. The summed E-state index contributed by atoms with van der Waals surface area (Å²) in [4.78, 5) is 11.6. The highest BCUT2D eigenvalue weighted by molar-refractivity contribution is 5.83. The molecule has 0 atom stereocenters. The highest BCUT2D eigenvalue weighted by atomic mass is 15.0. The van der Waals surface area contributed by atoms with E-state index in [4.69, 9.17) is 5.73 Å². The minimum atomic E-state index is 0.508. The third-order valence-electron chi connectivity index (χ3n) is 3.26. The number of nitrogen functional groups attached to an aromatic ring is 1. The summed E-state index contributed by atoms with van der Waals surface area (Å²) in [5, 5.41) is 4.62. The quantitative estimate of drug-likeness (QED) is 0.617. The van der Waals surface area contributed by atoms with Crippen LogP contribution in [-0.2, 0) is 13.0 Å². The SMILES string of the molecule is Nc1ccnc(CNCCc2c[nH]c3ccccc23)n1. The lowest BCUT2D eigenvalue weighted by molar-refractivity contribution is 0.661. The Labute approximate surface area is 117 Å². The topological polar surface area (TPSA) is 79.6 Å². The standard InChI is InChI=1S/C15H17N5/c16-14-6-8-18-15(20-14)10-17-7-5-11-9-19-13-4-2-1-3-12(11)13/h1-4,6,8-9,17,19H,5,7,10H2,(H2,16,18,20). The summed E-state index contributed by atoms with van der Waals surface area (Å²) in [6, 6.07) is 10.0. The maximum absolute atomic E-state index is 5.62. The Balaban J connectivity index is 1.55. The number of fused-ring (bicyclic) bond motifs is 1. The highest BCUT2D eigenvalue weighted by Crippen LogP contribution is 2.17. The van der Waals surface area contributed by atoms with Crippen LogP contribution in [0.4, 0.5) is 5.82 Å². The van der Waals surface area contributed by atoms with Crippen LogP contribution in [-0.4, -0.2) is 21.5 Å². The van der Waals surface area contributed by atoms with Gasteiger partial charge in [0.2, 0.25) is 0 Å². The molecule has 3 rings (SSSR count). The van der Waals surface area contributed by atoms with Crippen LogP contribution in [0.15, 0.2) is 42.7 Å². The first-order valence-electron chi connectivity index (χ1n) is 6.66. The summed E-state index contributed by atoms with van der Waals surface area (Å²) in [6.07, 6.45) is 4.72. The van der Waals surface area contributed by atoms with E-state index in [1.807, 2.05) is 6.07 Å². The Bertz CT molecular complexity index is 704. The minimum absolute atomic E-state index is 0.508. The molecule has 0 saturated carbocycles. The van der Waals surface area contributed by atoms with Crippen LogP contribution < -0.4 is 11.1 Å². The van der Waals surface area contributed by atoms with Gasteiger partial charge in [0.15, 0.2) is 0 Å². The van der Waals surface area contributed by atoms with Gasteiger partial charge >= 0.3 is 0 Å². The zero-order valence-electron chi connectivity index (χ0n) is 11.1. The molecule has 20 heavy (non-hydrogen) atoms. The van der Waals surface area contributed by atoms with Crippen molar-refractivity contribution >= 4 is 16.7 Å². The van der Waals surface area contributed by atoms with Gasteiger partial charge in [0.25, 0.3) is 0 Å². The van der Waals surface area contributed by atoms with E-state index in [9.17, 15) is 0 Å². The fraction of sp³-hybridized carbons (Fsp3) is 0.200. The molecule has 0 amide bonds. The van der Waals surface area contributed by atoms with E-state index < -0.39 is 0 Å². The third kappa shape index (κ3) is 2.78. The van der Waals surface area contributed by atoms with Crippen LogP contribution >= 0.6 is 0 Å². The second kappa shape index (κ2) is 5.71. The van der Waals surface area contributed by atoms with Gasteiger partial charge in [-0.05, 0) is 30.7 Å². The van der Waals surface area contributed by atoms with Gasteiger partial charge in [-0.2, -0.15) is 0 Å². The zero-order valence-corrected chi connectivity index (χ0v) is 11.1. The van der Waals surface area contributed by atoms with E-state index in [1.165, 1.54) is 16.5 Å². The number of hydrogen-bond acceptors (Lipinski definition) is 4. The van der Waals surface area contributed by atoms with Crippen molar-refractivity contribution in [3.63, 3.8) is 0 Å². The molecule has 0 unspecified atom stereocenters. The lowest BCUT2D eigenvalue weighted by atomic mass is 10.1. The lowest BCUT2D eigenvalue weighted by Gasteiger charge is -2.04. The summed E-state index contributed by atoms with van der Waals surface area (Å²) in [5.41, 5.74) is 8.12. The monoisotopic (exact) mass is 267 g/mol. The number of aromatic amines is 1. The molecule has 2 heterocycles. The van der Waals surface area contributed by atoms with E-state index in [0.29, 0.717) is 12.4 Å². The second-order valence-corrected chi connectivity index (χ2v) is 4.68. The number of anilines is 1. The Morgan fingerprint density at radius 1 is 1.20 bits per heavy atom. The molecule has 0 saturated heterocycles. The summed E-state index contributed by atoms with van der Waals surface area (Å²) in [7, 11) is 0. The molecule has 0 spiro atoms. The van der Waals surface area contributed by atoms with Crippen molar-refractivity contribution in [3.8, 4) is 0 Å². The smallest absolute Gasteiger partial charge is 0.144 e. The highest BCUT2D eigenvalue weighted by Gasteiger charge is 2.02. The molecular formula is C15H17N5. The Hall–Kier alpha value is -2.40. The largest absolute Gasteiger partial charge is 0.384 e. The normalized spacial score (nSPS) is 11.0. The van der Waals surface area contributed by atoms with Crippen molar-refractivity contribution < 1.29 is 0 Å². The molecule has 3 aromatic rings. The van der Waals surface area contributed by atoms with Crippen LogP contribution in [0.2, 0.25) is 0 Å². The first-order chi connectivity index (χ1) is 9.83. The average Bonchev–Trinajstić information content (AvgIpc) is 2.87. The first kappa shape index (κ1) is 12.6. The van der Waals surface area contributed by atoms with E-state index in [-0.39, 0.29) is 0 Å². The number of H-pyrrole nitrogens is 1. The van der Waals surface area contributed by atoms with Gasteiger partial charge in [-0.15, -0.1) is 0 Å². The average molecular weight is 267 g/mol. The van der Waals surface area contributed by atoms with Crippen LogP contribution in [0.3, 0.4) is 0 Å². The summed E-state index contributed by atoms with van der Waals surface area (Å²) in [6.45, 7) is 1.51. The van der Waals surface area contributed by atoms with Crippen LogP contribution in [0.1, 0.15) is 11.4 Å². The minimum Gasteiger partial charge on any atom is -0.384 e. The van der Waals surface area contributed by atoms with E-state index in [1.54, 1.807) is 12.3 Å². The van der Waals surface area contributed by atoms with Gasteiger partial charge in [0, 0.05) is 23.3 Å². The van der Waals surface area contributed by atoms with E-state index >= 15 is 0 Å². The van der Waals surface area contributed by atoms with Crippen molar-refractivity contribution in [1.82, 2.24) is 20.3 Å². The maximum Gasteiger partial charge on any atom is 0.144 e. The molecule has 0 aliphatic rings. The number of para-hydroxylation sites is 1. The Morgan fingerprint density at radius 3 is 3.00 bits per heavy atom. The Morgan fingerprint density at radius 2 is 2.10 bits per heavy atom. The van der Waals surface area contributed by atoms with Crippen molar-refractivity contribution in [3.05, 3.63) is 54.1 Å². The molecule has 1 aromatic carbocycles. The number of nitrogens with one attached hydrogen (secondary N) is 2. The predicted molar refractivity (Wildman–Crippen MR) is 80.2 cm³/mol. The number of hydrogen-bond donors (Lipinski definition) is 3. The fourth-order valence-corrected chi connectivity index (χ4v) is 2.26. The number of nitrogens with two attached hydrogens (primary N) is 1. The fourth-order valence-electron chi connectivity index (χ4n) is 2.26. The molecule has 5 nitrogen and oxygen atoms in total. The summed E-state index contributed by atoms with van der Waals surface area (Å²) < 4.78 is 0. The van der Waals surface area contributed by atoms with Crippen molar-refractivity contribution in [2.24, 2.45) is 0 Å². The van der Waals surface area contributed by atoms with Crippen LogP contribution in [0, 0.1) is 0 Å². The molecule has 4 N–H and O–H groups in total. The second-order valence-electron chi connectivity index (χ2n) is 4.68. The van der Waals surface area contributed by atoms with Gasteiger partial charge in [-0.1, -0.05) is 18.2 Å². The van der Waals surface area contributed by atoms with E-state index in [0.717, 1.165) is 18.8 Å². The van der Waals surface area contributed by atoms with Crippen molar-refractivity contribution in [1.29, 1.82) is 0 Å². The summed E-state index contributed by atoms with van der Waals surface area (Å²) >= 11 is 0. The van der Waals surface area contributed by atoms with Gasteiger partial charge in [0.1, 0.15) is 11.6 Å². The molecule has 5 heteroatoms. The number of rotatable bonds is 5. The van der Waals surface area contributed by atoms with Gasteiger partial charge in [-0.25, -0.2) is 9.97 Å². The van der Waals surface area contributed by atoms with Gasteiger partial charge in [0.05, 0.1) is 6.54 Å². The number of nitrogens with zero attached hydrogens (tertiary/aromatic N) is 2. The molecule has 2 aromatic heterocycles. The molecule has 0 aliphatic carbocycles. The summed E-state index contributed by atoms with van der Waals surface area (Å²) in [5.74, 6) is 1.23. The first-order valence-corrected chi connectivity index (χ1v) is 6.66. The third-order valence-corrected chi connectivity index (χ3v) is 3.26.